The van der Waals surface area contributed by atoms with Crippen LogP contribution in [0.3, 0.4) is 0 Å². The van der Waals surface area contributed by atoms with Crippen LogP contribution in [0.5, 0.6) is 6.01 Å². The van der Waals surface area contributed by atoms with Crippen LogP contribution in [0.25, 0.3) is 11.2 Å². The largest absolute Gasteiger partial charge is 0.490 e. The summed E-state index contributed by atoms with van der Waals surface area (Å²) in [7, 11) is -15.5. The number of methoxy groups -OCH3 is 1. The Morgan fingerprint density at radius 1 is 1.09 bits per heavy atom. The fourth-order valence-electron chi connectivity index (χ4n) is 2.83. The zero-order valence-corrected chi connectivity index (χ0v) is 18.9. The average Bonchev–Trinajstić information content (AvgIpc) is 3.16. The lowest BCUT2D eigenvalue weighted by molar-refractivity contribution is -0.0529. The minimum absolute atomic E-state index is 0.0192. The first kappa shape index (κ1) is 26.1. The van der Waals surface area contributed by atoms with Crippen molar-refractivity contribution in [1.82, 2.24) is 19.5 Å². The van der Waals surface area contributed by atoms with Crippen molar-refractivity contribution >= 4 is 40.4 Å². The van der Waals surface area contributed by atoms with Crippen LogP contribution >= 0.6 is 23.5 Å². The quantitative estimate of drug-likeness (QED) is 0.177. The second-order valence-corrected chi connectivity index (χ2v) is 10.8. The van der Waals surface area contributed by atoms with Crippen molar-refractivity contribution < 1.29 is 66.1 Å². The van der Waals surface area contributed by atoms with E-state index in [9.17, 15) is 28.8 Å². The first-order valence-electron chi connectivity index (χ1n) is 8.46. The van der Waals surface area contributed by atoms with Gasteiger partial charge in [-0.2, -0.15) is 13.6 Å². The highest BCUT2D eigenvalue weighted by Gasteiger charge is 2.47. The summed E-state index contributed by atoms with van der Waals surface area (Å²) in [6, 6.07) is -0.137. The second kappa shape index (κ2) is 9.24. The number of aromatic nitrogens is 4. The van der Waals surface area contributed by atoms with Crippen molar-refractivity contribution in [3.05, 3.63) is 6.33 Å². The van der Waals surface area contributed by atoms with Gasteiger partial charge in [0.05, 0.1) is 13.7 Å². The summed E-state index contributed by atoms with van der Waals surface area (Å²) in [5.41, 5.74) is 5.89. The number of anilines is 1. The summed E-state index contributed by atoms with van der Waals surface area (Å²) in [6.45, 7) is -0.996. The Labute approximate surface area is 183 Å². The average molecular weight is 537 g/mol. The van der Waals surface area contributed by atoms with Crippen molar-refractivity contribution in [3.8, 4) is 6.01 Å². The van der Waals surface area contributed by atoms with Gasteiger partial charge >= 0.3 is 29.5 Å². The summed E-state index contributed by atoms with van der Waals surface area (Å²) in [5.74, 6) is -0.0192. The van der Waals surface area contributed by atoms with Gasteiger partial charge in [-0.05, 0) is 0 Å². The number of phosphoric acid groups is 3. The van der Waals surface area contributed by atoms with Crippen LogP contribution in [-0.2, 0) is 31.6 Å². The lowest BCUT2D eigenvalue weighted by Crippen LogP contribution is -2.33. The van der Waals surface area contributed by atoms with E-state index in [1.807, 2.05) is 0 Å². The molecule has 3 heterocycles. The summed E-state index contributed by atoms with van der Waals surface area (Å²) in [6.07, 6.45) is -5.24. The van der Waals surface area contributed by atoms with Crippen molar-refractivity contribution in [2.75, 3.05) is 19.5 Å². The minimum atomic E-state index is -5.73. The molecule has 2 unspecified atom stereocenters. The first-order chi connectivity index (χ1) is 15.1. The zero-order valence-electron chi connectivity index (χ0n) is 16.3. The molecule has 0 spiro atoms. The Balaban J connectivity index is 1.76. The molecule has 22 heteroatoms. The Bertz CT molecular complexity index is 1170. The molecule has 0 radical (unpaired) electrons. The van der Waals surface area contributed by atoms with Crippen molar-refractivity contribution in [1.29, 1.82) is 0 Å². The molecule has 2 aromatic heterocycles. The van der Waals surface area contributed by atoms with Gasteiger partial charge in [-0.3, -0.25) is 4.52 Å². The first-order valence-corrected chi connectivity index (χ1v) is 13.0. The number of rotatable bonds is 9. The predicted molar refractivity (Wildman–Crippen MR) is 102 cm³/mol. The lowest BCUT2D eigenvalue weighted by atomic mass is 10.1. The van der Waals surface area contributed by atoms with E-state index in [1.165, 1.54) is 7.11 Å². The fraction of sp³-hybridized carbons (Fsp3) is 0.545. The number of aliphatic hydroxyl groups is 2. The molecule has 8 N–H and O–H groups in total. The molecule has 2 aromatic rings. The van der Waals surface area contributed by atoms with Crippen molar-refractivity contribution in [3.63, 3.8) is 0 Å². The van der Waals surface area contributed by atoms with Gasteiger partial charge in [-0.1, -0.05) is 0 Å². The molecule has 0 saturated carbocycles. The third-order valence-electron chi connectivity index (χ3n) is 4.07. The standard InChI is InChI=1S/C11H18N5O14P3/c1-26-11-15-5-8(12)13-3-14-9(5)16(11)10-7(18)6(17)4(28-10)2-27-32(22,23)30-33(24,25)29-31(19,20)21/h3-4,6-7,10,17-18H,2H2,1H3,(H,22,23)(H,24,25)(H2,12,13,14)(H2,19,20,21)/t4-,6-,7-,10-/m1/s1. The molecule has 1 aliphatic heterocycles. The van der Waals surface area contributed by atoms with E-state index in [-0.39, 0.29) is 23.0 Å². The monoisotopic (exact) mass is 537 g/mol. The Morgan fingerprint density at radius 2 is 1.76 bits per heavy atom. The minimum Gasteiger partial charge on any atom is -0.468 e. The zero-order chi connectivity index (χ0) is 24.8. The fourth-order valence-corrected chi connectivity index (χ4v) is 5.86. The van der Waals surface area contributed by atoms with Gasteiger partial charge in [0.15, 0.2) is 23.2 Å². The summed E-state index contributed by atoms with van der Waals surface area (Å²) >= 11 is 0. The molecular formula is C11H18N5O14P3. The van der Waals surface area contributed by atoms with Gasteiger partial charge in [0.25, 0.3) is 0 Å². The number of nitrogens with zero attached hydrogens (tertiary/aromatic N) is 4. The van der Waals surface area contributed by atoms with E-state index in [1.54, 1.807) is 0 Å². The van der Waals surface area contributed by atoms with Crippen LogP contribution in [0.4, 0.5) is 5.82 Å². The molecule has 0 aliphatic carbocycles. The second-order valence-electron chi connectivity index (χ2n) is 6.33. The van der Waals surface area contributed by atoms with E-state index in [4.69, 9.17) is 29.9 Å². The molecule has 1 fully saturated rings. The number of phosphoric ester groups is 1. The van der Waals surface area contributed by atoms with Crippen LogP contribution in [-0.4, -0.2) is 81.3 Å². The Kier molecular flexibility index (Phi) is 7.29. The number of hydrogen-bond acceptors (Lipinski definition) is 14. The Hall–Kier alpha value is -1.56. The summed E-state index contributed by atoms with van der Waals surface area (Å²) in [4.78, 5) is 47.5. The van der Waals surface area contributed by atoms with Crippen molar-refractivity contribution in [2.45, 2.75) is 24.5 Å². The van der Waals surface area contributed by atoms with E-state index in [0.717, 1.165) is 10.9 Å². The highest BCUT2D eigenvalue weighted by molar-refractivity contribution is 7.66. The number of imidazole rings is 1. The predicted octanol–water partition coefficient (Wildman–Crippen LogP) is -1.62. The number of nitrogen functional groups attached to an aromatic ring is 1. The smallest absolute Gasteiger partial charge is 0.468 e. The maximum absolute atomic E-state index is 11.9. The topological polar surface area (TPSA) is 288 Å². The third-order valence-corrected chi connectivity index (χ3v) is 7.87. The normalized spacial score (nSPS) is 27.4. The van der Waals surface area contributed by atoms with Gasteiger partial charge < -0.3 is 45.0 Å². The molecular weight excluding hydrogens is 519 g/mol. The number of hydrogen-bond donors (Lipinski definition) is 7. The number of ether oxygens (including phenoxy) is 2. The highest BCUT2D eigenvalue weighted by Crippen LogP contribution is 2.66. The van der Waals surface area contributed by atoms with Gasteiger partial charge in [0.2, 0.25) is 0 Å². The van der Waals surface area contributed by atoms with Crippen LogP contribution in [0, 0.1) is 0 Å². The molecule has 3 rings (SSSR count). The van der Waals surface area contributed by atoms with Crippen LogP contribution in [0.1, 0.15) is 6.23 Å². The molecule has 19 nitrogen and oxygen atoms in total. The van der Waals surface area contributed by atoms with E-state index < -0.39 is 54.6 Å². The maximum Gasteiger partial charge on any atom is 0.490 e. The van der Waals surface area contributed by atoms with Gasteiger partial charge in [-0.15, -0.1) is 0 Å². The maximum atomic E-state index is 11.9. The molecule has 33 heavy (non-hydrogen) atoms. The molecule has 1 saturated heterocycles. The number of nitrogens with two attached hydrogens (primary N) is 1. The van der Waals surface area contributed by atoms with E-state index in [0.29, 0.717) is 0 Å². The molecule has 6 atom stereocenters. The van der Waals surface area contributed by atoms with Crippen molar-refractivity contribution in [2.24, 2.45) is 0 Å². The van der Waals surface area contributed by atoms with E-state index >= 15 is 0 Å². The molecule has 0 amide bonds. The van der Waals surface area contributed by atoms with E-state index in [2.05, 4.69) is 28.1 Å². The Morgan fingerprint density at radius 3 is 2.36 bits per heavy atom. The van der Waals surface area contributed by atoms with Crippen LogP contribution < -0.4 is 10.5 Å². The number of aliphatic hydroxyl groups excluding tert-OH is 2. The van der Waals surface area contributed by atoms with Gasteiger partial charge in [0, 0.05) is 0 Å². The van der Waals surface area contributed by atoms with Gasteiger partial charge in [0.1, 0.15) is 24.6 Å². The number of fused-ring (bicyclic) bond motifs is 1. The third kappa shape index (κ3) is 5.93. The molecule has 186 valence electrons. The highest BCUT2D eigenvalue weighted by atomic mass is 31.3. The van der Waals surface area contributed by atoms with Crippen LogP contribution in [0.15, 0.2) is 6.33 Å². The lowest BCUT2D eigenvalue weighted by Gasteiger charge is -2.19. The molecule has 1 aliphatic rings. The van der Waals surface area contributed by atoms with Gasteiger partial charge in [-0.25, -0.2) is 28.2 Å². The molecule has 0 aromatic carbocycles. The SMILES string of the molecule is COc1nc2c(N)ncnc2n1[C@@H]1O[C@H](COP(=O)(O)OP(=O)(O)OP(=O)(O)O)[C@@H](O)[C@H]1O. The van der Waals surface area contributed by atoms with Crippen LogP contribution in [0.2, 0.25) is 0 Å². The summed E-state index contributed by atoms with van der Waals surface area (Å²) in [5, 5.41) is 20.7. The summed E-state index contributed by atoms with van der Waals surface area (Å²) < 4.78 is 57.2. The molecule has 0 bridgehead atoms.